The Balaban J connectivity index is 1.53. The zero-order valence-electron chi connectivity index (χ0n) is 18.6. The van der Waals surface area contributed by atoms with Gasteiger partial charge in [0.05, 0.1) is 23.2 Å². The van der Waals surface area contributed by atoms with Crippen LogP contribution in [-0.4, -0.2) is 25.1 Å². The van der Waals surface area contributed by atoms with E-state index in [-0.39, 0.29) is 17.3 Å². The van der Waals surface area contributed by atoms with E-state index in [0.29, 0.717) is 36.6 Å². The number of hydrogen-bond acceptors (Lipinski definition) is 5. The van der Waals surface area contributed by atoms with E-state index >= 15 is 0 Å². The summed E-state index contributed by atoms with van der Waals surface area (Å²) in [6.45, 7) is 9.06. The molecule has 3 rings (SSSR count). The van der Waals surface area contributed by atoms with Crippen molar-refractivity contribution in [3.8, 4) is 5.75 Å². The van der Waals surface area contributed by atoms with Gasteiger partial charge in [-0.1, -0.05) is 26.8 Å². The van der Waals surface area contributed by atoms with Crippen molar-refractivity contribution in [1.82, 2.24) is 0 Å². The molecule has 1 aromatic heterocycles. The largest absolute Gasteiger partial charge is 0.492 e. The van der Waals surface area contributed by atoms with Gasteiger partial charge in [0.1, 0.15) is 10.8 Å². The van der Waals surface area contributed by atoms with Gasteiger partial charge in [0.2, 0.25) is 5.91 Å². The van der Waals surface area contributed by atoms with Crippen molar-refractivity contribution in [2.75, 3.05) is 18.5 Å². The van der Waals surface area contributed by atoms with Gasteiger partial charge in [0.15, 0.2) is 0 Å². The number of nitrogens with one attached hydrogen (secondary N) is 1. The molecule has 1 N–H and O–H groups in total. The van der Waals surface area contributed by atoms with Gasteiger partial charge >= 0.3 is 5.97 Å². The molecule has 168 valence electrons. The minimum Gasteiger partial charge on any atom is -0.492 e. The average Bonchev–Trinajstić information content (AvgIpc) is 3.26. The Bertz CT molecular complexity index is 961. The standard InChI is InChI=1S/C24H30BrNO4S/c1-5-29-23(28)21-16-8-6-9-19(16)31-22(21)26-20(27)10-7-13-30-18-12-11-15(14-17(18)25)24(2,3)4/h11-12,14H,5-10,13H2,1-4H3,(H,26,27). The summed E-state index contributed by atoms with van der Waals surface area (Å²) in [7, 11) is 0. The summed E-state index contributed by atoms with van der Waals surface area (Å²) in [5.74, 6) is 0.313. The maximum absolute atomic E-state index is 12.5. The van der Waals surface area contributed by atoms with Crippen LogP contribution in [-0.2, 0) is 27.8 Å². The van der Waals surface area contributed by atoms with E-state index in [1.54, 1.807) is 6.92 Å². The van der Waals surface area contributed by atoms with Gasteiger partial charge in [-0.05, 0) is 77.2 Å². The number of esters is 1. The molecule has 0 radical (unpaired) electrons. The van der Waals surface area contributed by atoms with Crippen LogP contribution in [0.3, 0.4) is 0 Å². The molecule has 31 heavy (non-hydrogen) atoms. The van der Waals surface area contributed by atoms with E-state index in [9.17, 15) is 9.59 Å². The minimum atomic E-state index is -0.343. The molecule has 5 nitrogen and oxygen atoms in total. The van der Waals surface area contributed by atoms with Crippen LogP contribution in [0.5, 0.6) is 5.75 Å². The van der Waals surface area contributed by atoms with E-state index < -0.39 is 0 Å². The predicted octanol–water partition coefficient (Wildman–Crippen LogP) is 6.27. The number of thiophene rings is 1. The highest BCUT2D eigenvalue weighted by Gasteiger charge is 2.28. The molecule has 0 spiro atoms. The minimum absolute atomic E-state index is 0.0730. The van der Waals surface area contributed by atoms with Crippen LogP contribution in [0.1, 0.15) is 73.3 Å². The first kappa shape index (κ1) is 23.8. The van der Waals surface area contributed by atoms with Crippen molar-refractivity contribution in [3.05, 3.63) is 44.2 Å². The second-order valence-corrected chi connectivity index (χ2v) is 10.6. The Hall–Kier alpha value is -1.86. The third-order valence-electron chi connectivity index (χ3n) is 5.26. The number of benzene rings is 1. The number of carbonyl (C=O) groups is 2. The Morgan fingerprint density at radius 1 is 1.23 bits per heavy atom. The van der Waals surface area contributed by atoms with Crippen molar-refractivity contribution in [3.63, 3.8) is 0 Å². The van der Waals surface area contributed by atoms with Crippen LogP contribution in [0.2, 0.25) is 0 Å². The first-order valence-electron chi connectivity index (χ1n) is 10.7. The Labute approximate surface area is 196 Å². The van der Waals surface area contributed by atoms with Gasteiger partial charge < -0.3 is 14.8 Å². The molecular weight excluding hydrogens is 478 g/mol. The number of anilines is 1. The fourth-order valence-electron chi connectivity index (χ4n) is 3.60. The van der Waals surface area contributed by atoms with Crippen LogP contribution < -0.4 is 10.1 Å². The number of amides is 1. The lowest BCUT2D eigenvalue weighted by Gasteiger charge is -2.20. The van der Waals surface area contributed by atoms with E-state index in [0.717, 1.165) is 35.0 Å². The van der Waals surface area contributed by atoms with Gasteiger partial charge in [0.25, 0.3) is 0 Å². The molecule has 0 bridgehead atoms. The summed E-state index contributed by atoms with van der Waals surface area (Å²) >= 11 is 5.08. The second kappa shape index (κ2) is 10.2. The van der Waals surface area contributed by atoms with Gasteiger partial charge in [0, 0.05) is 11.3 Å². The van der Waals surface area contributed by atoms with Crippen LogP contribution in [0.25, 0.3) is 0 Å². The molecule has 1 amide bonds. The number of aryl methyl sites for hydroxylation is 1. The summed E-state index contributed by atoms with van der Waals surface area (Å²) in [5, 5.41) is 3.55. The molecule has 1 aliphatic rings. The van der Waals surface area contributed by atoms with Gasteiger partial charge in [-0.3, -0.25) is 4.79 Å². The number of halogens is 1. The maximum Gasteiger partial charge on any atom is 0.341 e. The fourth-order valence-corrected chi connectivity index (χ4v) is 5.39. The van der Waals surface area contributed by atoms with Crippen LogP contribution in [0.15, 0.2) is 22.7 Å². The zero-order valence-corrected chi connectivity index (χ0v) is 21.0. The molecule has 1 aliphatic carbocycles. The lowest BCUT2D eigenvalue weighted by atomic mass is 9.87. The maximum atomic E-state index is 12.5. The number of ether oxygens (including phenoxy) is 2. The zero-order chi connectivity index (χ0) is 22.6. The molecule has 2 aromatic rings. The highest BCUT2D eigenvalue weighted by molar-refractivity contribution is 9.10. The smallest absolute Gasteiger partial charge is 0.341 e. The van der Waals surface area contributed by atoms with Crippen LogP contribution in [0, 0.1) is 0 Å². The quantitative estimate of drug-likeness (QED) is 0.337. The lowest BCUT2D eigenvalue weighted by molar-refractivity contribution is -0.116. The first-order valence-corrected chi connectivity index (χ1v) is 12.4. The molecule has 1 heterocycles. The highest BCUT2D eigenvalue weighted by atomic mass is 79.9. The van der Waals surface area contributed by atoms with E-state index in [2.05, 4.69) is 54.2 Å². The summed E-state index contributed by atoms with van der Waals surface area (Å²) in [6, 6.07) is 6.11. The molecule has 7 heteroatoms. The number of carbonyl (C=O) groups excluding carboxylic acids is 2. The third-order valence-corrected chi connectivity index (χ3v) is 7.08. The van der Waals surface area contributed by atoms with Gasteiger partial charge in [-0.15, -0.1) is 11.3 Å². The SMILES string of the molecule is CCOC(=O)c1c(NC(=O)CCCOc2ccc(C(C)(C)C)cc2Br)sc2c1CCC2. The van der Waals surface area contributed by atoms with Gasteiger partial charge in [-0.25, -0.2) is 4.79 Å². The van der Waals surface area contributed by atoms with Gasteiger partial charge in [-0.2, -0.15) is 0 Å². The number of fused-ring (bicyclic) bond motifs is 1. The van der Waals surface area contributed by atoms with Crippen molar-refractivity contribution in [2.24, 2.45) is 0 Å². The number of rotatable bonds is 8. The van der Waals surface area contributed by atoms with Crippen molar-refractivity contribution in [1.29, 1.82) is 0 Å². The van der Waals surface area contributed by atoms with Crippen LogP contribution in [0.4, 0.5) is 5.00 Å². The van der Waals surface area contributed by atoms with E-state index in [4.69, 9.17) is 9.47 Å². The van der Waals surface area contributed by atoms with Crippen molar-refractivity contribution in [2.45, 2.75) is 65.2 Å². The molecule has 1 aromatic carbocycles. The van der Waals surface area contributed by atoms with Crippen molar-refractivity contribution >= 4 is 44.1 Å². The molecule has 0 saturated carbocycles. The molecule has 0 aliphatic heterocycles. The highest BCUT2D eigenvalue weighted by Crippen LogP contribution is 2.39. The number of hydrogen-bond donors (Lipinski definition) is 1. The summed E-state index contributed by atoms with van der Waals surface area (Å²) < 4.78 is 12.0. The van der Waals surface area contributed by atoms with E-state index in [1.807, 2.05) is 6.07 Å². The Kier molecular flexibility index (Phi) is 7.81. The summed E-state index contributed by atoms with van der Waals surface area (Å²) in [5.41, 5.74) is 2.90. The predicted molar refractivity (Wildman–Crippen MR) is 129 cm³/mol. The molecular formula is C24H30BrNO4S. The molecule has 0 atom stereocenters. The monoisotopic (exact) mass is 507 g/mol. The van der Waals surface area contributed by atoms with E-state index in [1.165, 1.54) is 21.8 Å². The topological polar surface area (TPSA) is 64.6 Å². The summed E-state index contributed by atoms with van der Waals surface area (Å²) in [6.07, 6.45) is 3.78. The van der Waals surface area contributed by atoms with Crippen LogP contribution >= 0.6 is 27.3 Å². The fraction of sp³-hybridized carbons (Fsp3) is 0.500. The molecule has 0 saturated heterocycles. The Morgan fingerprint density at radius 3 is 2.68 bits per heavy atom. The molecule has 0 unspecified atom stereocenters. The Morgan fingerprint density at radius 2 is 2.00 bits per heavy atom. The third kappa shape index (κ3) is 5.89. The lowest BCUT2D eigenvalue weighted by Crippen LogP contribution is -2.15. The average molecular weight is 508 g/mol. The first-order chi connectivity index (χ1) is 14.7. The van der Waals surface area contributed by atoms with Crippen molar-refractivity contribution < 1.29 is 19.1 Å². The normalized spacial score (nSPS) is 13.1. The second-order valence-electron chi connectivity index (χ2n) is 8.68. The summed E-state index contributed by atoms with van der Waals surface area (Å²) in [4.78, 5) is 26.1. The molecule has 0 fully saturated rings.